The van der Waals surface area contributed by atoms with E-state index in [0.29, 0.717) is 12.0 Å². The van der Waals surface area contributed by atoms with Crippen LogP contribution in [0.4, 0.5) is 0 Å². The number of hydrogen-bond donors (Lipinski definition) is 2. The molecule has 0 bridgehead atoms. The van der Waals surface area contributed by atoms with Gasteiger partial charge in [-0.3, -0.25) is 4.57 Å². The zero-order valence-corrected chi connectivity index (χ0v) is 11.6. The Hall–Kier alpha value is -1.41. The smallest absolute Gasteiger partial charge is 0.324 e. The van der Waals surface area contributed by atoms with Gasteiger partial charge in [-0.15, -0.1) is 0 Å². The van der Waals surface area contributed by atoms with Crippen molar-refractivity contribution < 1.29 is 14.4 Å². The van der Waals surface area contributed by atoms with Crippen molar-refractivity contribution in [3.8, 4) is 0 Å². The summed E-state index contributed by atoms with van der Waals surface area (Å²) in [6, 6.07) is 16.7. The molecular formula is C15H17O3P. The summed E-state index contributed by atoms with van der Waals surface area (Å²) in [4.78, 5) is 19.2. The average Bonchev–Trinajstić information content (AvgIpc) is 2.37. The van der Waals surface area contributed by atoms with Gasteiger partial charge in [0.05, 0.1) is 5.66 Å². The van der Waals surface area contributed by atoms with Gasteiger partial charge in [0.1, 0.15) is 0 Å². The van der Waals surface area contributed by atoms with Crippen molar-refractivity contribution in [2.45, 2.75) is 19.0 Å². The second-order valence-corrected chi connectivity index (χ2v) is 6.45. The molecular weight excluding hydrogens is 259 g/mol. The topological polar surface area (TPSA) is 57.5 Å². The van der Waals surface area contributed by atoms with Crippen LogP contribution < -0.4 is 0 Å². The molecule has 4 heteroatoms. The zero-order chi connectivity index (χ0) is 13.9. The summed E-state index contributed by atoms with van der Waals surface area (Å²) in [5, 5.41) is 0. The van der Waals surface area contributed by atoms with Gasteiger partial charge < -0.3 is 9.79 Å². The third-order valence-electron chi connectivity index (χ3n) is 3.26. The first-order chi connectivity index (χ1) is 8.98. The molecule has 1 atom stereocenters. The predicted octanol–water partition coefficient (Wildman–Crippen LogP) is 3.46. The van der Waals surface area contributed by atoms with Crippen molar-refractivity contribution in [2.24, 2.45) is 0 Å². The van der Waals surface area contributed by atoms with Gasteiger partial charge in [-0.2, -0.15) is 0 Å². The molecule has 3 nitrogen and oxygen atoms in total. The Morgan fingerprint density at radius 1 is 1.00 bits per heavy atom. The largest absolute Gasteiger partial charge is 0.333 e. The fourth-order valence-corrected chi connectivity index (χ4v) is 3.15. The summed E-state index contributed by atoms with van der Waals surface area (Å²) in [5.41, 5.74) is 1.92. The van der Waals surface area contributed by atoms with Crippen LogP contribution in [-0.4, -0.2) is 9.79 Å². The van der Waals surface area contributed by atoms with Crippen LogP contribution in [0, 0.1) is 6.92 Å². The monoisotopic (exact) mass is 276 g/mol. The second kappa shape index (κ2) is 5.70. The molecule has 2 aromatic rings. The molecule has 0 radical (unpaired) electrons. The maximum absolute atomic E-state index is 11.7. The third-order valence-corrected chi connectivity index (χ3v) is 4.56. The van der Waals surface area contributed by atoms with Crippen molar-refractivity contribution in [1.82, 2.24) is 0 Å². The van der Waals surface area contributed by atoms with Crippen LogP contribution in [0.3, 0.4) is 0 Å². The Morgan fingerprint density at radius 3 is 2.16 bits per heavy atom. The van der Waals surface area contributed by atoms with Gasteiger partial charge in [0.15, 0.2) is 0 Å². The van der Waals surface area contributed by atoms with Gasteiger partial charge in [-0.1, -0.05) is 54.6 Å². The molecule has 0 aliphatic heterocycles. The second-order valence-electron chi connectivity index (χ2n) is 4.65. The van der Waals surface area contributed by atoms with E-state index < -0.39 is 13.3 Å². The minimum Gasteiger partial charge on any atom is -0.324 e. The Morgan fingerprint density at radius 2 is 1.58 bits per heavy atom. The zero-order valence-electron chi connectivity index (χ0n) is 10.7. The van der Waals surface area contributed by atoms with Crippen LogP contribution in [-0.2, 0) is 11.0 Å². The summed E-state index contributed by atoms with van der Waals surface area (Å²) >= 11 is 0. The highest BCUT2D eigenvalue weighted by atomic mass is 31.2. The van der Waals surface area contributed by atoms with Gasteiger partial charge in [0.25, 0.3) is 0 Å². The van der Waals surface area contributed by atoms with Crippen molar-refractivity contribution in [3.05, 3.63) is 71.3 Å². The minimum atomic E-state index is -4.18. The van der Waals surface area contributed by atoms with Crippen LogP contribution >= 0.6 is 7.60 Å². The molecule has 0 heterocycles. The highest BCUT2D eigenvalue weighted by Gasteiger charge is 2.30. The molecule has 0 aliphatic carbocycles. The molecule has 0 saturated carbocycles. The molecule has 0 saturated heterocycles. The highest BCUT2D eigenvalue weighted by molar-refractivity contribution is 7.52. The Balaban J connectivity index is 2.36. The fourth-order valence-electron chi connectivity index (χ4n) is 2.15. The Labute approximate surface area is 113 Å². The Kier molecular flexibility index (Phi) is 4.20. The fraction of sp³-hybridized carbons (Fsp3) is 0.200. The summed E-state index contributed by atoms with van der Waals surface area (Å²) in [7, 11) is -4.18. The Bertz CT molecular complexity index is 589. The van der Waals surface area contributed by atoms with Crippen LogP contribution in [0.25, 0.3) is 0 Å². The van der Waals surface area contributed by atoms with E-state index in [1.807, 2.05) is 37.3 Å². The molecule has 2 rings (SSSR count). The number of hydrogen-bond acceptors (Lipinski definition) is 1. The lowest BCUT2D eigenvalue weighted by Crippen LogP contribution is -2.05. The van der Waals surface area contributed by atoms with Crippen molar-refractivity contribution >= 4 is 7.60 Å². The minimum absolute atomic E-state index is 0.348. The van der Waals surface area contributed by atoms with Gasteiger partial charge in [-0.25, -0.2) is 0 Å². The van der Waals surface area contributed by atoms with Gasteiger partial charge in [0.2, 0.25) is 0 Å². The lowest BCUT2D eigenvalue weighted by atomic mass is 10.0. The van der Waals surface area contributed by atoms with E-state index in [1.165, 1.54) is 0 Å². The normalized spacial score (nSPS) is 13.2. The highest BCUT2D eigenvalue weighted by Crippen LogP contribution is 2.53. The molecule has 0 aromatic heterocycles. The third kappa shape index (κ3) is 3.54. The van der Waals surface area contributed by atoms with E-state index in [2.05, 4.69) is 0 Å². The lowest BCUT2D eigenvalue weighted by Gasteiger charge is -2.19. The number of benzene rings is 2. The molecule has 2 aromatic carbocycles. The number of aryl methyl sites for hydroxylation is 1. The molecule has 2 N–H and O–H groups in total. The van der Waals surface area contributed by atoms with E-state index in [4.69, 9.17) is 0 Å². The SMILES string of the molecule is Cc1ccccc1CC(c1ccccc1)P(=O)(O)O. The van der Waals surface area contributed by atoms with Crippen molar-refractivity contribution in [3.63, 3.8) is 0 Å². The quantitative estimate of drug-likeness (QED) is 0.841. The van der Waals surface area contributed by atoms with Crippen LogP contribution in [0.2, 0.25) is 0 Å². The standard InChI is InChI=1S/C15H17O3P/c1-12-7-5-6-10-14(12)11-15(19(16,17)18)13-8-3-2-4-9-13/h2-10,15H,11H2,1H3,(H2,16,17,18). The van der Waals surface area contributed by atoms with Crippen molar-refractivity contribution in [2.75, 3.05) is 0 Å². The molecule has 0 amide bonds. The van der Waals surface area contributed by atoms with E-state index in [-0.39, 0.29) is 0 Å². The van der Waals surface area contributed by atoms with Gasteiger partial charge in [-0.05, 0) is 30.0 Å². The molecule has 0 aliphatic rings. The molecule has 0 spiro atoms. The van der Waals surface area contributed by atoms with E-state index in [0.717, 1.165) is 11.1 Å². The predicted molar refractivity (Wildman–Crippen MR) is 76.1 cm³/mol. The van der Waals surface area contributed by atoms with Crippen LogP contribution in [0.15, 0.2) is 54.6 Å². The first-order valence-corrected chi connectivity index (χ1v) is 7.81. The summed E-state index contributed by atoms with van der Waals surface area (Å²) in [5.74, 6) is 0. The van der Waals surface area contributed by atoms with Gasteiger partial charge >= 0.3 is 7.60 Å². The summed E-state index contributed by atoms with van der Waals surface area (Å²) < 4.78 is 11.7. The summed E-state index contributed by atoms with van der Waals surface area (Å²) in [6.07, 6.45) is 0.348. The average molecular weight is 276 g/mol. The van der Waals surface area contributed by atoms with E-state index in [9.17, 15) is 14.4 Å². The first-order valence-electron chi connectivity index (χ1n) is 6.13. The van der Waals surface area contributed by atoms with Crippen molar-refractivity contribution in [1.29, 1.82) is 0 Å². The van der Waals surface area contributed by atoms with Crippen LogP contribution in [0.1, 0.15) is 22.3 Å². The van der Waals surface area contributed by atoms with Crippen LogP contribution in [0.5, 0.6) is 0 Å². The lowest BCUT2D eigenvalue weighted by molar-refractivity contribution is 0.358. The maximum Gasteiger partial charge on any atom is 0.333 e. The molecule has 100 valence electrons. The molecule has 1 unspecified atom stereocenters. The van der Waals surface area contributed by atoms with E-state index in [1.54, 1.807) is 24.3 Å². The van der Waals surface area contributed by atoms with E-state index >= 15 is 0 Å². The van der Waals surface area contributed by atoms with Gasteiger partial charge in [0, 0.05) is 0 Å². The summed E-state index contributed by atoms with van der Waals surface area (Å²) in [6.45, 7) is 1.96. The molecule has 19 heavy (non-hydrogen) atoms. The maximum atomic E-state index is 11.7. The first kappa shape index (κ1) is 14.0. The number of rotatable bonds is 4. The molecule has 0 fully saturated rings.